The van der Waals surface area contributed by atoms with E-state index < -0.39 is 11.7 Å². The van der Waals surface area contributed by atoms with Gasteiger partial charge in [-0.15, -0.1) is 0 Å². The van der Waals surface area contributed by atoms with Crippen molar-refractivity contribution in [2.75, 3.05) is 6.54 Å². The van der Waals surface area contributed by atoms with Crippen LogP contribution in [0.15, 0.2) is 18.2 Å². The summed E-state index contributed by atoms with van der Waals surface area (Å²) in [5.74, 6) is 0. The smallest absolute Gasteiger partial charge is 0.310 e. The molecule has 2 rings (SSSR count). The molecule has 1 nitrogen and oxygen atoms in total. The Morgan fingerprint density at radius 2 is 2.00 bits per heavy atom. The first-order valence-electron chi connectivity index (χ1n) is 4.59. The lowest BCUT2D eigenvalue weighted by Crippen LogP contribution is -2.35. The fourth-order valence-corrected chi connectivity index (χ4v) is 1.96. The molecule has 1 fully saturated rings. The Kier molecular flexibility index (Phi) is 2.64. The summed E-state index contributed by atoms with van der Waals surface area (Å²) < 4.78 is 37.5. The Morgan fingerprint density at radius 3 is 2.47 bits per heavy atom. The molecule has 0 spiro atoms. The molecule has 1 aliphatic rings. The summed E-state index contributed by atoms with van der Waals surface area (Å²) >= 11 is 5.74. The van der Waals surface area contributed by atoms with Crippen LogP contribution in [0.1, 0.15) is 23.6 Å². The number of nitrogens with one attached hydrogen (secondary N) is 1. The number of hydrogen-bond acceptors (Lipinski definition) is 1. The second-order valence-corrected chi connectivity index (χ2v) is 3.88. The molecule has 1 aromatic rings. The van der Waals surface area contributed by atoms with Crippen LogP contribution in [0.25, 0.3) is 0 Å². The lowest BCUT2D eigenvalue weighted by atomic mass is 9.96. The van der Waals surface area contributed by atoms with E-state index in [1.807, 2.05) is 0 Å². The summed E-state index contributed by atoms with van der Waals surface area (Å²) in [5.41, 5.74) is -0.215. The van der Waals surface area contributed by atoms with Gasteiger partial charge >= 0.3 is 6.18 Å². The summed E-state index contributed by atoms with van der Waals surface area (Å²) in [5, 5.41) is 2.85. The molecule has 0 radical (unpaired) electrons. The van der Waals surface area contributed by atoms with Gasteiger partial charge in [0, 0.05) is 6.04 Å². The fourth-order valence-electron chi connectivity index (χ4n) is 1.59. The second-order valence-electron chi connectivity index (χ2n) is 3.50. The van der Waals surface area contributed by atoms with Crippen molar-refractivity contribution in [1.82, 2.24) is 5.32 Å². The molecule has 5 heteroatoms. The van der Waals surface area contributed by atoms with Gasteiger partial charge in [0.05, 0.1) is 10.6 Å². The van der Waals surface area contributed by atoms with Gasteiger partial charge < -0.3 is 5.32 Å². The molecular weight excluding hydrogens is 227 g/mol. The minimum atomic E-state index is -4.38. The van der Waals surface area contributed by atoms with E-state index in [-0.39, 0.29) is 11.1 Å². The number of halogens is 4. The standard InChI is InChI=1S/C10H9ClF3N/c11-9-6(8-4-5-15-8)2-1-3-7(9)10(12,13)14/h1-3,8,15H,4-5H2/t8-/m1/s1. The van der Waals surface area contributed by atoms with Gasteiger partial charge in [-0.2, -0.15) is 13.2 Å². The van der Waals surface area contributed by atoms with Crippen molar-refractivity contribution < 1.29 is 13.2 Å². The Balaban J connectivity index is 2.41. The van der Waals surface area contributed by atoms with Gasteiger partial charge in [0.25, 0.3) is 0 Å². The maximum Gasteiger partial charge on any atom is 0.417 e. The quantitative estimate of drug-likeness (QED) is 0.787. The van der Waals surface area contributed by atoms with Crippen molar-refractivity contribution in [2.24, 2.45) is 0 Å². The summed E-state index contributed by atoms with van der Waals surface area (Å²) in [6.07, 6.45) is -3.54. The van der Waals surface area contributed by atoms with Crippen molar-refractivity contribution in [3.05, 3.63) is 34.3 Å². The minimum absolute atomic E-state index is 0.0280. The second kappa shape index (κ2) is 3.68. The molecular formula is C10H9ClF3N. The van der Waals surface area contributed by atoms with Crippen molar-refractivity contribution in [1.29, 1.82) is 0 Å². The van der Waals surface area contributed by atoms with E-state index in [1.165, 1.54) is 6.07 Å². The zero-order valence-corrected chi connectivity index (χ0v) is 8.49. The molecule has 0 bridgehead atoms. The Hall–Kier alpha value is -0.740. The van der Waals surface area contributed by atoms with E-state index >= 15 is 0 Å². The zero-order chi connectivity index (χ0) is 11.1. The fraction of sp³-hybridized carbons (Fsp3) is 0.400. The van der Waals surface area contributed by atoms with Gasteiger partial charge in [0.1, 0.15) is 0 Å². The lowest BCUT2D eigenvalue weighted by molar-refractivity contribution is -0.137. The Bertz CT molecular complexity index is 371. The average Bonchev–Trinajstić information content (AvgIpc) is 2.03. The normalized spacial score (nSPS) is 21.2. The zero-order valence-electron chi connectivity index (χ0n) is 7.74. The van der Waals surface area contributed by atoms with Crippen LogP contribution in [-0.2, 0) is 6.18 Å². The van der Waals surface area contributed by atoms with Crippen molar-refractivity contribution in [2.45, 2.75) is 18.6 Å². The molecule has 0 saturated carbocycles. The van der Waals surface area contributed by atoms with Crippen LogP contribution in [0, 0.1) is 0 Å². The third-order valence-electron chi connectivity index (χ3n) is 2.53. The van der Waals surface area contributed by atoms with E-state index in [9.17, 15) is 13.2 Å². The lowest BCUT2D eigenvalue weighted by Gasteiger charge is -2.29. The highest BCUT2D eigenvalue weighted by Gasteiger charge is 2.35. The van der Waals surface area contributed by atoms with Gasteiger partial charge in [0.15, 0.2) is 0 Å². The van der Waals surface area contributed by atoms with Crippen LogP contribution in [0.5, 0.6) is 0 Å². The molecule has 15 heavy (non-hydrogen) atoms. The largest absolute Gasteiger partial charge is 0.417 e. The molecule has 82 valence electrons. The van der Waals surface area contributed by atoms with Crippen molar-refractivity contribution >= 4 is 11.6 Å². The first-order valence-corrected chi connectivity index (χ1v) is 4.97. The summed E-state index contributed by atoms with van der Waals surface area (Å²) in [4.78, 5) is 0. The highest BCUT2D eigenvalue weighted by atomic mass is 35.5. The molecule has 1 heterocycles. The molecule has 0 amide bonds. The molecule has 1 aromatic carbocycles. The number of alkyl halides is 3. The van der Waals surface area contributed by atoms with Gasteiger partial charge in [-0.1, -0.05) is 23.7 Å². The van der Waals surface area contributed by atoms with Gasteiger partial charge in [0.2, 0.25) is 0 Å². The van der Waals surface area contributed by atoms with Crippen molar-refractivity contribution in [3.63, 3.8) is 0 Å². The van der Waals surface area contributed by atoms with Crippen LogP contribution in [0.2, 0.25) is 5.02 Å². The van der Waals surface area contributed by atoms with Crippen LogP contribution in [0.3, 0.4) is 0 Å². The molecule has 1 N–H and O–H groups in total. The first kappa shape index (κ1) is 10.8. The molecule has 0 aliphatic carbocycles. The molecule has 1 saturated heterocycles. The highest BCUT2D eigenvalue weighted by Crippen LogP contribution is 2.39. The van der Waals surface area contributed by atoms with Gasteiger partial charge in [-0.25, -0.2) is 0 Å². The Morgan fingerprint density at radius 1 is 1.33 bits per heavy atom. The third-order valence-corrected chi connectivity index (χ3v) is 2.95. The first-order chi connectivity index (χ1) is 7.00. The third kappa shape index (κ3) is 1.96. The summed E-state index contributed by atoms with van der Waals surface area (Å²) in [7, 11) is 0. The summed E-state index contributed by atoms with van der Waals surface area (Å²) in [6.45, 7) is 0.831. The van der Waals surface area contributed by atoms with E-state index in [1.54, 1.807) is 6.07 Å². The monoisotopic (exact) mass is 235 g/mol. The van der Waals surface area contributed by atoms with E-state index in [0.717, 1.165) is 19.0 Å². The van der Waals surface area contributed by atoms with Crippen LogP contribution >= 0.6 is 11.6 Å². The van der Waals surface area contributed by atoms with E-state index in [2.05, 4.69) is 5.32 Å². The SMILES string of the molecule is FC(F)(F)c1cccc([C@H]2CCN2)c1Cl. The number of benzene rings is 1. The number of rotatable bonds is 1. The molecule has 0 unspecified atom stereocenters. The van der Waals surface area contributed by atoms with E-state index in [4.69, 9.17) is 11.6 Å². The molecule has 1 aliphatic heterocycles. The predicted molar refractivity (Wildman–Crippen MR) is 51.8 cm³/mol. The van der Waals surface area contributed by atoms with Gasteiger partial charge in [-0.3, -0.25) is 0 Å². The topological polar surface area (TPSA) is 12.0 Å². The van der Waals surface area contributed by atoms with Crippen LogP contribution in [-0.4, -0.2) is 6.54 Å². The van der Waals surface area contributed by atoms with Gasteiger partial charge in [-0.05, 0) is 24.6 Å². The van der Waals surface area contributed by atoms with Crippen LogP contribution in [0.4, 0.5) is 13.2 Å². The average molecular weight is 236 g/mol. The number of hydrogen-bond donors (Lipinski definition) is 1. The minimum Gasteiger partial charge on any atom is -0.310 e. The maximum atomic E-state index is 12.5. The van der Waals surface area contributed by atoms with E-state index in [0.29, 0.717) is 5.56 Å². The Labute approximate surface area is 90.2 Å². The summed E-state index contributed by atoms with van der Waals surface area (Å²) in [6, 6.07) is 4.00. The molecule has 1 atom stereocenters. The van der Waals surface area contributed by atoms with Crippen LogP contribution < -0.4 is 5.32 Å². The van der Waals surface area contributed by atoms with Crippen molar-refractivity contribution in [3.8, 4) is 0 Å². The highest BCUT2D eigenvalue weighted by molar-refractivity contribution is 6.32. The predicted octanol–water partition coefficient (Wildman–Crippen LogP) is 3.39. The molecule has 0 aromatic heterocycles. The maximum absolute atomic E-state index is 12.5.